The number of benzene rings is 1. The van der Waals surface area contributed by atoms with E-state index in [-0.39, 0.29) is 17.5 Å². The lowest BCUT2D eigenvalue weighted by Crippen LogP contribution is -3.12. The molecule has 1 aliphatic carbocycles. The summed E-state index contributed by atoms with van der Waals surface area (Å²) < 4.78 is 14.1. The fourth-order valence-electron chi connectivity index (χ4n) is 3.70. The minimum absolute atomic E-state index is 0.00359. The zero-order chi connectivity index (χ0) is 17.4. The van der Waals surface area contributed by atoms with E-state index in [0.717, 1.165) is 31.9 Å². The molecule has 1 fully saturated rings. The van der Waals surface area contributed by atoms with E-state index in [1.807, 2.05) is 6.07 Å². The normalized spacial score (nSPS) is 21.3. The molecule has 0 amide bonds. The second kappa shape index (κ2) is 6.52. The van der Waals surface area contributed by atoms with Crippen molar-refractivity contribution in [1.82, 2.24) is 9.97 Å². The van der Waals surface area contributed by atoms with Crippen LogP contribution in [0.5, 0.6) is 0 Å². The number of aromatic nitrogens is 2. The first kappa shape index (κ1) is 16.1. The third kappa shape index (κ3) is 3.14. The van der Waals surface area contributed by atoms with E-state index in [2.05, 4.69) is 21.9 Å². The van der Waals surface area contributed by atoms with Gasteiger partial charge < -0.3 is 9.80 Å². The number of anilines is 1. The van der Waals surface area contributed by atoms with Crippen LogP contribution in [0.2, 0.25) is 0 Å². The molecule has 1 atom stereocenters. The number of likely N-dealkylation sites (N-methyl/N-ethyl adjacent to an activating group) is 1. The average molecular weight is 341 g/mol. The van der Waals surface area contributed by atoms with Crippen LogP contribution in [0.15, 0.2) is 30.5 Å². The maximum atomic E-state index is 14.1. The Morgan fingerprint density at radius 3 is 2.72 bits per heavy atom. The van der Waals surface area contributed by atoms with E-state index >= 15 is 0 Å². The van der Waals surface area contributed by atoms with E-state index in [4.69, 9.17) is 0 Å². The smallest absolute Gasteiger partial charge is 0.225 e. The quantitative estimate of drug-likeness (QED) is 0.880. The van der Waals surface area contributed by atoms with Crippen LogP contribution in [0.25, 0.3) is 0 Å². The number of rotatable bonds is 2. The lowest BCUT2D eigenvalue weighted by molar-refractivity contribution is -0.880. The molecule has 0 saturated carbocycles. The Balaban J connectivity index is 1.62. The number of nitrogens with one attached hydrogen (secondary N) is 1. The van der Waals surface area contributed by atoms with E-state index in [1.165, 1.54) is 11.0 Å². The summed E-state index contributed by atoms with van der Waals surface area (Å²) in [5.74, 6) is 0.290. The van der Waals surface area contributed by atoms with Crippen molar-refractivity contribution in [2.45, 2.75) is 18.8 Å². The zero-order valence-corrected chi connectivity index (χ0v) is 14.3. The molecule has 130 valence electrons. The van der Waals surface area contributed by atoms with Crippen LogP contribution >= 0.6 is 0 Å². The Labute approximate surface area is 146 Å². The van der Waals surface area contributed by atoms with Crippen LogP contribution in [0, 0.1) is 5.82 Å². The van der Waals surface area contributed by atoms with Crippen molar-refractivity contribution in [3.8, 4) is 0 Å². The van der Waals surface area contributed by atoms with Gasteiger partial charge in [0.15, 0.2) is 5.78 Å². The van der Waals surface area contributed by atoms with Gasteiger partial charge in [0.05, 0.1) is 44.5 Å². The number of halogens is 1. The topological polar surface area (TPSA) is 50.5 Å². The maximum Gasteiger partial charge on any atom is 0.225 e. The summed E-state index contributed by atoms with van der Waals surface area (Å²) in [6.45, 7) is 3.93. The Morgan fingerprint density at radius 2 is 1.96 bits per heavy atom. The second-order valence-electron chi connectivity index (χ2n) is 7.02. The van der Waals surface area contributed by atoms with Gasteiger partial charge in [-0.15, -0.1) is 0 Å². The molecular weight excluding hydrogens is 319 g/mol. The number of carbonyl (C=O) groups is 1. The number of piperazine rings is 1. The van der Waals surface area contributed by atoms with E-state index in [1.54, 1.807) is 18.3 Å². The van der Waals surface area contributed by atoms with Crippen molar-refractivity contribution in [1.29, 1.82) is 0 Å². The monoisotopic (exact) mass is 341 g/mol. The van der Waals surface area contributed by atoms with Crippen LogP contribution in [0.3, 0.4) is 0 Å². The summed E-state index contributed by atoms with van der Waals surface area (Å²) in [6.07, 6.45) is 2.55. The highest BCUT2D eigenvalue weighted by atomic mass is 19.1. The number of ketones is 1. The molecule has 1 aromatic carbocycles. The minimum Gasteiger partial charge on any atom is -0.334 e. The number of hydrogen-bond donors (Lipinski definition) is 1. The molecule has 1 N–H and O–H groups in total. The molecule has 1 saturated heterocycles. The number of quaternary nitrogens is 1. The molecule has 1 aliphatic heterocycles. The summed E-state index contributed by atoms with van der Waals surface area (Å²) >= 11 is 0. The van der Waals surface area contributed by atoms with Gasteiger partial charge in [-0.25, -0.2) is 14.4 Å². The lowest BCUT2D eigenvalue weighted by Gasteiger charge is -2.31. The molecule has 0 unspecified atom stereocenters. The maximum absolute atomic E-state index is 14.1. The molecule has 2 heterocycles. The van der Waals surface area contributed by atoms with Gasteiger partial charge in [-0.2, -0.15) is 0 Å². The minimum atomic E-state index is -0.250. The fraction of sp³-hybridized carbons (Fsp3) is 0.421. The van der Waals surface area contributed by atoms with Crippen molar-refractivity contribution in [2.24, 2.45) is 0 Å². The average Bonchev–Trinajstić information content (AvgIpc) is 2.62. The zero-order valence-electron chi connectivity index (χ0n) is 14.3. The van der Waals surface area contributed by atoms with E-state index < -0.39 is 0 Å². The number of carbonyl (C=O) groups excluding carboxylic acids is 1. The van der Waals surface area contributed by atoms with Crippen LogP contribution in [0.1, 0.15) is 34.0 Å². The largest absolute Gasteiger partial charge is 0.334 e. The van der Waals surface area contributed by atoms with E-state index in [9.17, 15) is 9.18 Å². The first-order valence-corrected chi connectivity index (χ1v) is 8.81. The van der Waals surface area contributed by atoms with Gasteiger partial charge in [0.2, 0.25) is 5.95 Å². The molecule has 0 radical (unpaired) electrons. The molecule has 4 rings (SSSR count). The van der Waals surface area contributed by atoms with Crippen molar-refractivity contribution < 1.29 is 14.1 Å². The van der Waals surface area contributed by atoms with Crippen LogP contribution < -0.4 is 9.80 Å². The molecule has 0 bridgehead atoms. The first-order chi connectivity index (χ1) is 12.1. The summed E-state index contributed by atoms with van der Waals surface area (Å²) in [5, 5.41) is 0. The molecule has 2 aliphatic rings. The number of nitrogens with zero attached hydrogens (tertiary/aromatic N) is 3. The second-order valence-corrected chi connectivity index (χ2v) is 7.02. The van der Waals surface area contributed by atoms with Gasteiger partial charge in [0, 0.05) is 12.6 Å². The highest BCUT2D eigenvalue weighted by Crippen LogP contribution is 2.33. The number of Topliss-reactive ketones (excluding diaryl/α,β-unsaturated/α-hetero) is 1. The highest BCUT2D eigenvalue weighted by Gasteiger charge is 2.30. The molecule has 25 heavy (non-hydrogen) atoms. The van der Waals surface area contributed by atoms with Crippen molar-refractivity contribution >= 4 is 11.7 Å². The highest BCUT2D eigenvalue weighted by molar-refractivity contribution is 5.98. The third-order valence-corrected chi connectivity index (χ3v) is 5.27. The lowest BCUT2D eigenvalue weighted by atomic mass is 9.82. The van der Waals surface area contributed by atoms with Crippen molar-refractivity contribution in [2.75, 3.05) is 38.1 Å². The van der Waals surface area contributed by atoms with Gasteiger partial charge >= 0.3 is 0 Å². The van der Waals surface area contributed by atoms with Gasteiger partial charge in [0.1, 0.15) is 5.82 Å². The molecule has 6 heteroatoms. The molecule has 0 spiro atoms. The summed E-state index contributed by atoms with van der Waals surface area (Å²) in [4.78, 5) is 25.3. The van der Waals surface area contributed by atoms with Crippen molar-refractivity contribution in [3.63, 3.8) is 0 Å². The standard InChI is InChI=1S/C19H21FN4O/c1-23-6-8-24(9-7-23)19-21-12-15-17(22-19)10-13(11-18(15)25)14-4-2-3-5-16(14)20/h2-5,12-13H,6-11H2,1H3/p+1/t13-/m1/s1. The van der Waals surface area contributed by atoms with Gasteiger partial charge in [-0.1, -0.05) is 18.2 Å². The van der Waals surface area contributed by atoms with Crippen molar-refractivity contribution in [3.05, 3.63) is 53.1 Å². The SMILES string of the molecule is C[NH+]1CCN(c2ncc3c(n2)C[C@@H](c2ccccc2F)CC3=O)CC1. The Morgan fingerprint density at radius 1 is 1.20 bits per heavy atom. The summed E-state index contributed by atoms with van der Waals surface area (Å²) in [7, 11) is 2.18. The predicted octanol–water partition coefficient (Wildman–Crippen LogP) is 0.863. The fourth-order valence-corrected chi connectivity index (χ4v) is 3.70. The predicted molar refractivity (Wildman–Crippen MR) is 92.7 cm³/mol. The molecule has 1 aromatic heterocycles. The third-order valence-electron chi connectivity index (χ3n) is 5.27. The Bertz CT molecular complexity index is 802. The van der Waals surface area contributed by atoms with Crippen LogP contribution in [0.4, 0.5) is 10.3 Å². The molecule has 5 nitrogen and oxygen atoms in total. The van der Waals surface area contributed by atoms with Gasteiger partial charge in [-0.3, -0.25) is 4.79 Å². The molecular formula is C19H22FN4O+. The number of fused-ring (bicyclic) bond motifs is 1. The van der Waals surface area contributed by atoms with Crippen LogP contribution in [-0.4, -0.2) is 49.0 Å². The first-order valence-electron chi connectivity index (χ1n) is 8.81. The Kier molecular flexibility index (Phi) is 4.21. The van der Waals surface area contributed by atoms with Crippen LogP contribution in [-0.2, 0) is 6.42 Å². The van der Waals surface area contributed by atoms with Gasteiger partial charge in [0.25, 0.3) is 0 Å². The van der Waals surface area contributed by atoms with Gasteiger partial charge in [-0.05, 0) is 24.0 Å². The Hall–Kier alpha value is -2.34. The summed E-state index contributed by atoms with van der Waals surface area (Å²) in [6, 6.07) is 6.71. The molecule has 2 aromatic rings. The number of hydrogen-bond acceptors (Lipinski definition) is 4. The van der Waals surface area contributed by atoms with E-state index in [0.29, 0.717) is 29.9 Å². The summed E-state index contributed by atoms with van der Waals surface area (Å²) in [5.41, 5.74) is 1.95.